The Morgan fingerprint density at radius 2 is 1.96 bits per heavy atom. The minimum Gasteiger partial charge on any atom is -0.496 e. The summed E-state index contributed by atoms with van der Waals surface area (Å²) in [4.78, 5) is 0. The van der Waals surface area contributed by atoms with Crippen molar-refractivity contribution in [1.29, 1.82) is 0 Å². The van der Waals surface area contributed by atoms with Crippen LogP contribution < -0.4 is 4.74 Å². The predicted octanol–water partition coefficient (Wildman–Crippen LogP) is 3.77. The Hall–Kier alpha value is -2.60. The molecule has 24 heavy (non-hydrogen) atoms. The third-order valence-corrected chi connectivity index (χ3v) is 4.45. The van der Waals surface area contributed by atoms with Crippen molar-refractivity contribution in [2.75, 3.05) is 7.11 Å². The first-order valence-corrected chi connectivity index (χ1v) is 8.50. The summed E-state index contributed by atoms with van der Waals surface area (Å²) in [7, 11) is 1.65. The van der Waals surface area contributed by atoms with Gasteiger partial charge in [0.1, 0.15) is 12.1 Å². The van der Waals surface area contributed by atoms with Gasteiger partial charge in [-0.2, -0.15) is 9.78 Å². The van der Waals surface area contributed by atoms with E-state index in [-0.39, 0.29) is 0 Å². The van der Waals surface area contributed by atoms with E-state index in [0.717, 1.165) is 22.2 Å². The van der Waals surface area contributed by atoms with E-state index in [1.807, 2.05) is 24.3 Å². The van der Waals surface area contributed by atoms with Gasteiger partial charge in [-0.1, -0.05) is 53.7 Å². The number of hydrogen-bond donors (Lipinski definition) is 0. The van der Waals surface area contributed by atoms with Gasteiger partial charge in [0.05, 0.1) is 13.3 Å². The monoisotopic (exact) mass is 338 g/mol. The van der Waals surface area contributed by atoms with Gasteiger partial charge in [0.15, 0.2) is 0 Å². The molecule has 5 nitrogen and oxygen atoms in total. The molecule has 122 valence electrons. The molecule has 0 atom stereocenters. The van der Waals surface area contributed by atoms with Crippen LogP contribution in [0.15, 0.2) is 65.1 Å². The summed E-state index contributed by atoms with van der Waals surface area (Å²) in [5, 5.41) is 13.3. The van der Waals surface area contributed by atoms with Crippen LogP contribution in [0.5, 0.6) is 5.75 Å². The van der Waals surface area contributed by atoms with E-state index in [9.17, 15) is 0 Å². The van der Waals surface area contributed by atoms with Gasteiger partial charge in [-0.05, 0) is 24.6 Å². The van der Waals surface area contributed by atoms with Gasteiger partial charge in [-0.25, -0.2) is 0 Å². The highest BCUT2D eigenvalue weighted by molar-refractivity contribution is 7.98. The number of nitrogens with zero attached hydrogens (tertiary/aromatic N) is 4. The molecule has 0 amide bonds. The molecule has 3 rings (SSSR count). The van der Waals surface area contributed by atoms with Crippen molar-refractivity contribution in [2.24, 2.45) is 5.10 Å². The second kappa shape index (κ2) is 7.79. The molecule has 1 heterocycles. The van der Waals surface area contributed by atoms with Gasteiger partial charge >= 0.3 is 0 Å². The standard InChI is InChI=1S/C18H18N4OS/c1-14-7-9-15(10-8-14)12-24-18-21-19-13-22(18)20-11-16-5-3-4-6-17(16)23-2/h3-11,13H,12H2,1-2H3/b20-11-. The molecule has 0 saturated carbocycles. The Bertz CT molecular complexity index is 827. The molecule has 0 fully saturated rings. The minimum absolute atomic E-state index is 0.752. The van der Waals surface area contributed by atoms with E-state index in [0.29, 0.717) is 0 Å². The van der Waals surface area contributed by atoms with Gasteiger partial charge in [0.2, 0.25) is 5.16 Å². The number of ether oxygens (including phenoxy) is 1. The Labute approximate surface area is 145 Å². The SMILES string of the molecule is COc1ccccc1/C=N\n1cnnc1SCc1ccc(C)cc1. The lowest BCUT2D eigenvalue weighted by molar-refractivity contribution is 0.414. The number of rotatable bonds is 6. The van der Waals surface area contributed by atoms with E-state index in [1.54, 1.807) is 36.1 Å². The van der Waals surface area contributed by atoms with Crippen LogP contribution in [0.1, 0.15) is 16.7 Å². The third-order valence-electron chi connectivity index (χ3n) is 3.45. The van der Waals surface area contributed by atoms with Gasteiger partial charge < -0.3 is 4.74 Å². The molecule has 0 aliphatic carbocycles. The molecule has 0 spiro atoms. The van der Waals surface area contributed by atoms with Crippen LogP contribution >= 0.6 is 11.8 Å². The van der Waals surface area contributed by atoms with E-state index in [2.05, 4.69) is 46.5 Å². The van der Waals surface area contributed by atoms with E-state index < -0.39 is 0 Å². The number of benzene rings is 2. The van der Waals surface area contributed by atoms with Crippen molar-refractivity contribution < 1.29 is 4.74 Å². The second-order valence-corrected chi connectivity index (χ2v) is 6.16. The molecule has 3 aromatic rings. The summed E-state index contributed by atoms with van der Waals surface area (Å²) in [5.74, 6) is 1.60. The molecule has 2 aromatic carbocycles. The lowest BCUT2D eigenvalue weighted by Gasteiger charge is -2.04. The number of aromatic nitrogens is 3. The first kappa shape index (κ1) is 16.3. The van der Waals surface area contributed by atoms with Gasteiger partial charge in [0.25, 0.3) is 0 Å². The topological polar surface area (TPSA) is 52.3 Å². The highest BCUT2D eigenvalue weighted by Gasteiger charge is 2.05. The number of aryl methyl sites for hydroxylation is 1. The van der Waals surface area contributed by atoms with Gasteiger partial charge in [-0.3, -0.25) is 0 Å². The second-order valence-electron chi connectivity index (χ2n) is 5.22. The number of thioether (sulfide) groups is 1. The zero-order valence-corrected chi connectivity index (χ0v) is 14.4. The van der Waals surface area contributed by atoms with Crippen LogP contribution in [-0.4, -0.2) is 28.2 Å². The van der Waals surface area contributed by atoms with E-state index in [4.69, 9.17) is 4.74 Å². The maximum atomic E-state index is 5.32. The van der Waals surface area contributed by atoms with Crippen LogP contribution in [0, 0.1) is 6.92 Å². The number of para-hydroxylation sites is 1. The predicted molar refractivity (Wildman–Crippen MR) is 96.7 cm³/mol. The Balaban J connectivity index is 1.71. The molecular weight excluding hydrogens is 320 g/mol. The fourth-order valence-corrected chi connectivity index (χ4v) is 2.94. The maximum Gasteiger partial charge on any atom is 0.212 e. The zero-order valence-electron chi connectivity index (χ0n) is 13.6. The van der Waals surface area contributed by atoms with E-state index >= 15 is 0 Å². The molecule has 0 unspecified atom stereocenters. The number of methoxy groups -OCH3 is 1. The fourth-order valence-electron chi connectivity index (χ4n) is 2.12. The normalized spacial score (nSPS) is 11.1. The van der Waals surface area contributed by atoms with Crippen LogP contribution in [0.2, 0.25) is 0 Å². The molecular formula is C18H18N4OS. The van der Waals surface area contributed by atoms with Crippen molar-refractivity contribution in [1.82, 2.24) is 14.9 Å². The Kier molecular flexibility index (Phi) is 5.28. The maximum absolute atomic E-state index is 5.32. The molecule has 0 radical (unpaired) electrons. The number of hydrogen-bond acceptors (Lipinski definition) is 5. The molecule has 6 heteroatoms. The molecule has 0 aliphatic rings. The highest BCUT2D eigenvalue weighted by atomic mass is 32.2. The lowest BCUT2D eigenvalue weighted by atomic mass is 10.2. The van der Waals surface area contributed by atoms with Crippen molar-refractivity contribution in [3.05, 3.63) is 71.5 Å². The summed E-state index contributed by atoms with van der Waals surface area (Å²) < 4.78 is 7.00. The van der Waals surface area contributed by atoms with Crippen molar-refractivity contribution in [2.45, 2.75) is 17.8 Å². The van der Waals surface area contributed by atoms with Crippen LogP contribution in [0.25, 0.3) is 0 Å². The summed E-state index contributed by atoms with van der Waals surface area (Å²) in [5.41, 5.74) is 3.41. The van der Waals surface area contributed by atoms with Gasteiger partial charge in [0, 0.05) is 11.3 Å². The van der Waals surface area contributed by atoms with Crippen molar-refractivity contribution in [3.63, 3.8) is 0 Å². The lowest BCUT2D eigenvalue weighted by Crippen LogP contribution is -1.95. The zero-order chi connectivity index (χ0) is 16.8. The quantitative estimate of drug-likeness (QED) is 0.507. The molecule has 0 bridgehead atoms. The molecule has 0 saturated heterocycles. The first-order chi connectivity index (χ1) is 11.8. The van der Waals surface area contributed by atoms with Crippen LogP contribution in [0.4, 0.5) is 0 Å². The summed E-state index contributed by atoms with van der Waals surface area (Å²) >= 11 is 1.60. The van der Waals surface area contributed by atoms with Crippen molar-refractivity contribution in [3.8, 4) is 5.75 Å². The molecule has 1 aromatic heterocycles. The first-order valence-electron chi connectivity index (χ1n) is 7.52. The van der Waals surface area contributed by atoms with Crippen LogP contribution in [0.3, 0.4) is 0 Å². The van der Waals surface area contributed by atoms with Crippen LogP contribution in [-0.2, 0) is 5.75 Å². The molecule has 0 N–H and O–H groups in total. The van der Waals surface area contributed by atoms with Gasteiger partial charge in [-0.15, -0.1) is 10.2 Å². The minimum atomic E-state index is 0.752. The summed E-state index contributed by atoms with van der Waals surface area (Å²) in [6.07, 6.45) is 3.35. The average Bonchev–Trinajstić information content (AvgIpc) is 3.07. The fraction of sp³-hybridized carbons (Fsp3) is 0.167. The third kappa shape index (κ3) is 4.02. The Morgan fingerprint density at radius 3 is 2.75 bits per heavy atom. The highest BCUT2D eigenvalue weighted by Crippen LogP contribution is 2.21. The summed E-state index contributed by atoms with van der Waals surface area (Å²) in [6, 6.07) is 16.2. The van der Waals surface area contributed by atoms with Crippen molar-refractivity contribution >= 4 is 18.0 Å². The average molecular weight is 338 g/mol. The largest absolute Gasteiger partial charge is 0.496 e. The smallest absolute Gasteiger partial charge is 0.212 e. The summed E-state index contributed by atoms with van der Waals surface area (Å²) in [6.45, 7) is 2.08. The Morgan fingerprint density at radius 1 is 1.17 bits per heavy atom. The van der Waals surface area contributed by atoms with E-state index in [1.165, 1.54) is 11.1 Å². The molecule has 0 aliphatic heterocycles.